The van der Waals surface area contributed by atoms with Gasteiger partial charge in [-0.2, -0.15) is 0 Å². The van der Waals surface area contributed by atoms with E-state index >= 15 is 0 Å². The number of sulfone groups is 1. The van der Waals surface area contributed by atoms with E-state index in [1.54, 1.807) is 25.1 Å². The first-order valence-corrected chi connectivity index (χ1v) is 7.76. The fourth-order valence-electron chi connectivity index (χ4n) is 1.44. The number of halogens is 2. The summed E-state index contributed by atoms with van der Waals surface area (Å²) in [6.07, 6.45) is 0. The quantitative estimate of drug-likeness (QED) is 0.908. The minimum absolute atomic E-state index is 0.0499. The molecule has 1 aromatic rings. The van der Waals surface area contributed by atoms with E-state index in [0.29, 0.717) is 22.2 Å². The summed E-state index contributed by atoms with van der Waals surface area (Å²) in [5.41, 5.74) is 5.98. The molecular weight excluding hydrogens is 281 g/mol. The number of benzene rings is 1. The molecule has 0 fully saturated rings. The molecule has 0 amide bonds. The van der Waals surface area contributed by atoms with Gasteiger partial charge in [0.05, 0.1) is 11.5 Å². The largest absolute Gasteiger partial charge is 0.330 e. The van der Waals surface area contributed by atoms with Gasteiger partial charge in [-0.3, -0.25) is 0 Å². The molecular formula is C11H15Cl2NO2S. The number of rotatable bonds is 5. The van der Waals surface area contributed by atoms with Gasteiger partial charge in [0.1, 0.15) is 0 Å². The molecule has 0 aliphatic rings. The highest BCUT2D eigenvalue weighted by Crippen LogP contribution is 2.23. The molecule has 3 nitrogen and oxygen atoms in total. The molecule has 0 aliphatic heterocycles. The zero-order chi connectivity index (χ0) is 13.1. The van der Waals surface area contributed by atoms with Crippen LogP contribution < -0.4 is 5.73 Å². The van der Waals surface area contributed by atoms with Crippen molar-refractivity contribution in [3.8, 4) is 0 Å². The number of hydrogen-bond donors (Lipinski definition) is 1. The Hall–Kier alpha value is -0.290. The first kappa shape index (κ1) is 14.8. The van der Waals surface area contributed by atoms with Crippen molar-refractivity contribution in [1.82, 2.24) is 0 Å². The van der Waals surface area contributed by atoms with E-state index in [9.17, 15) is 8.42 Å². The van der Waals surface area contributed by atoms with Crippen molar-refractivity contribution in [1.29, 1.82) is 0 Å². The predicted molar refractivity (Wildman–Crippen MR) is 72.2 cm³/mol. The van der Waals surface area contributed by atoms with Crippen LogP contribution >= 0.6 is 23.2 Å². The molecule has 2 N–H and O–H groups in total. The summed E-state index contributed by atoms with van der Waals surface area (Å²) in [4.78, 5) is 0. The minimum atomic E-state index is -3.19. The Morgan fingerprint density at radius 2 is 2.00 bits per heavy atom. The predicted octanol–water partition coefficient (Wildman–Crippen LogP) is 2.50. The van der Waals surface area contributed by atoms with Crippen molar-refractivity contribution in [2.75, 3.05) is 12.3 Å². The third-order valence-electron chi connectivity index (χ3n) is 2.33. The molecule has 0 aromatic heterocycles. The summed E-state index contributed by atoms with van der Waals surface area (Å²) < 4.78 is 23.7. The van der Waals surface area contributed by atoms with Crippen LogP contribution in [0.1, 0.15) is 12.5 Å². The highest BCUT2D eigenvalue weighted by atomic mass is 35.5. The molecule has 0 radical (unpaired) electrons. The fraction of sp³-hybridized carbons (Fsp3) is 0.455. The summed E-state index contributed by atoms with van der Waals surface area (Å²) in [5, 5.41) is 0.868. The lowest BCUT2D eigenvalue weighted by molar-refractivity contribution is 0.573. The molecule has 6 heteroatoms. The van der Waals surface area contributed by atoms with E-state index in [4.69, 9.17) is 28.9 Å². The second kappa shape index (κ2) is 6.05. The zero-order valence-corrected chi connectivity index (χ0v) is 11.8. The van der Waals surface area contributed by atoms with Gasteiger partial charge in [0.15, 0.2) is 9.84 Å². The van der Waals surface area contributed by atoms with Gasteiger partial charge in [0.2, 0.25) is 0 Å². The molecule has 1 unspecified atom stereocenters. The van der Waals surface area contributed by atoms with Crippen LogP contribution in [0.15, 0.2) is 18.2 Å². The summed E-state index contributed by atoms with van der Waals surface area (Å²) >= 11 is 11.7. The Balaban J connectivity index is 2.83. The van der Waals surface area contributed by atoms with Crippen molar-refractivity contribution in [2.45, 2.75) is 12.7 Å². The van der Waals surface area contributed by atoms with Gasteiger partial charge in [0.25, 0.3) is 0 Å². The van der Waals surface area contributed by atoms with E-state index in [1.807, 2.05) is 0 Å². The first-order chi connectivity index (χ1) is 7.84. The van der Waals surface area contributed by atoms with E-state index in [0.717, 1.165) is 0 Å². The van der Waals surface area contributed by atoms with Gasteiger partial charge >= 0.3 is 0 Å². The summed E-state index contributed by atoms with van der Waals surface area (Å²) in [6.45, 7) is 2.16. The smallest absolute Gasteiger partial charge is 0.154 e. The molecule has 0 saturated carbocycles. The lowest BCUT2D eigenvalue weighted by atomic mass is 10.2. The molecule has 1 atom stereocenters. The molecule has 0 spiro atoms. The van der Waals surface area contributed by atoms with Crippen LogP contribution in [0.25, 0.3) is 0 Å². The molecule has 0 bridgehead atoms. The van der Waals surface area contributed by atoms with Gasteiger partial charge in [-0.1, -0.05) is 36.2 Å². The van der Waals surface area contributed by atoms with E-state index in [2.05, 4.69) is 0 Å². The lowest BCUT2D eigenvalue weighted by Gasteiger charge is -2.10. The van der Waals surface area contributed by atoms with Crippen molar-refractivity contribution < 1.29 is 8.42 Å². The third-order valence-corrected chi connectivity index (χ3v) is 4.75. The monoisotopic (exact) mass is 295 g/mol. The first-order valence-electron chi connectivity index (χ1n) is 5.18. The number of nitrogens with two attached hydrogens (primary N) is 1. The molecule has 0 heterocycles. The molecule has 0 aliphatic carbocycles. The van der Waals surface area contributed by atoms with Crippen molar-refractivity contribution in [2.24, 2.45) is 11.7 Å². The standard InChI is InChI=1S/C11H15Cl2NO2S/c1-8(5-14)6-17(15,16)7-9-2-3-10(12)4-11(9)13/h2-4,8H,5-7,14H2,1H3. The molecule has 1 aromatic carbocycles. The maximum Gasteiger partial charge on any atom is 0.154 e. The maximum atomic E-state index is 11.9. The van der Waals surface area contributed by atoms with Gasteiger partial charge in [-0.15, -0.1) is 0 Å². The van der Waals surface area contributed by atoms with Gasteiger partial charge in [-0.05, 0) is 30.2 Å². The van der Waals surface area contributed by atoms with Crippen LogP contribution in [0.5, 0.6) is 0 Å². The van der Waals surface area contributed by atoms with Gasteiger partial charge < -0.3 is 5.73 Å². The van der Waals surface area contributed by atoms with Crippen LogP contribution in [0.2, 0.25) is 10.0 Å². The highest BCUT2D eigenvalue weighted by molar-refractivity contribution is 7.90. The Kier molecular flexibility index (Phi) is 5.25. The average Bonchev–Trinajstić information content (AvgIpc) is 2.21. The fourth-order valence-corrected chi connectivity index (χ4v) is 3.84. The van der Waals surface area contributed by atoms with Crippen LogP contribution in [-0.2, 0) is 15.6 Å². The minimum Gasteiger partial charge on any atom is -0.330 e. The van der Waals surface area contributed by atoms with Crippen LogP contribution in [-0.4, -0.2) is 20.7 Å². The molecule has 1 rings (SSSR count). The second-order valence-electron chi connectivity index (χ2n) is 4.13. The highest BCUT2D eigenvalue weighted by Gasteiger charge is 2.17. The Bertz CT molecular complexity index is 488. The number of hydrogen-bond acceptors (Lipinski definition) is 3. The molecule has 17 heavy (non-hydrogen) atoms. The molecule has 96 valence electrons. The van der Waals surface area contributed by atoms with E-state index in [-0.39, 0.29) is 17.4 Å². The Morgan fingerprint density at radius 3 is 2.53 bits per heavy atom. The average molecular weight is 296 g/mol. The maximum absolute atomic E-state index is 11.9. The Labute approximate surface area is 112 Å². The van der Waals surface area contributed by atoms with E-state index in [1.165, 1.54) is 0 Å². The Morgan fingerprint density at radius 1 is 1.35 bits per heavy atom. The topological polar surface area (TPSA) is 60.2 Å². The van der Waals surface area contributed by atoms with Crippen LogP contribution in [0.3, 0.4) is 0 Å². The zero-order valence-electron chi connectivity index (χ0n) is 9.49. The van der Waals surface area contributed by atoms with E-state index < -0.39 is 9.84 Å². The summed E-state index contributed by atoms with van der Waals surface area (Å²) in [7, 11) is -3.19. The van der Waals surface area contributed by atoms with Gasteiger partial charge in [0, 0.05) is 10.0 Å². The second-order valence-corrected chi connectivity index (χ2v) is 7.08. The molecule has 0 saturated heterocycles. The van der Waals surface area contributed by atoms with Crippen molar-refractivity contribution in [3.63, 3.8) is 0 Å². The lowest BCUT2D eigenvalue weighted by Crippen LogP contribution is -2.22. The SMILES string of the molecule is CC(CN)CS(=O)(=O)Cc1ccc(Cl)cc1Cl. The van der Waals surface area contributed by atoms with Crippen molar-refractivity contribution in [3.05, 3.63) is 33.8 Å². The normalized spacial score (nSPS) is 13.6. The third kappa shape index (κ3) is 4.84. The summed E-state index contributed by atoms with van der Waals surface area (Å²) in [6, 6.07) is 4.81. The summed E-state index contributed by atoms with van der Waals surface area (Å²) in [5.74, 6) is -0.0541. The van der Waals surface area contributed by atoms with Gasteiger partial charge in [-0.25, -0.2) is 8.42 Å². The van der Waals surface area contributed by atoms with Crippen LogP contribution in [0.4, 0.5) is 0 Å². The van der Waals surface area contributed by atoms with Crippen LogP contribution in [0, 0.1) is 5.92 Å². The van der Waals surface area contributed by atoms with Crippen molar-refractivity contribution >= 4 is 33.0 Å².